The highest BCUT2D eigenvalue weighted by molar-refractivity contribution is 5.91. The Labute approximate surface area is 390 Å². The summed E-state index contributed by atoms with van der Waals surface area (Å²) in [7, 11) is 0. The molecule has 0 aromatic heterocycles. The predicted molar refractivity (Wildman–Crippen MR) is 282 cm³/mol. The first-order chi connectivity index (χ1) is 32.2. The quantitative estimate of drug-likeness (QED) is 0.127. The third-order valence-electron chi connectivity index (χ3n) is 13.8. The maximum Gasteiger partial charge on any atom is 0.0462 e. The summed E-state index contributed by atoms with van der Waals surface area (Å²) in [5.74, 6) is 0. The molecule has 0 unspecified atom stereocenters. The van der Waals surface area contributed by atoms with E-state index in [1.807, 2.05) is 0 Å². The molecular weight excluding hydrogens is 797 g/mol. The first-order valence-corrected chi connectivity index (χ1v) is 23.1. The summed E-state index contributed by atoms with van der Waals surface area (Å²) in [6.45, 7) is 9.57. The molecule has 0 atom stereocenters. The highest BCUT2D eigenvalue weighted by Crippen LogP contribution is 2.56. The van der Waals surface area contributed by atoms with Crippen LogP contribution in [0.4, 0.5) is 34.1 Å². The highest BCUT2D eigenvalue weighted by Gasteiger charge is 2.41. The smallest absolute Gasteiger partial charge is 0.0462 e. The number of hydrogen-bond donors (Lipinski definition) is 0. The molecule has 0 N–H and O–H groups in total. The van der Waals surface area contributed by atoms with E-state index in [1.54, 1.807) is 0 Å². The molecule has 2 nitrogen and oxygen atoms in total. The van der Waals surface area contributed by atoms with Gasteiger partial charge in [-0.1, -0.05) is 185 Å². The van der Waals surface area contributed by atoms with Crippen LogP contribution in [0.1, 0.15) is 72.2 Å². The van der Waals surface area contributed by atoms with Crippen LogP contribution in [0.25, 0.3) is 46.6 Å². The summed E-state index contributed by atoms with van der Waals surface area (Å²) in [5.41, 5.74) is 22.3. The van der Waals surface area contributed by atoms with E-state index in [2.05, 4.69) is 280 Å². The Kier molecular flexibility index (Phi) is 10.2. The Morgan fingerprint density at radius 1 is 0.258 bits per heavy atom. The molecule has 2 heteroatoms. The van der Waals surface area contributed by atoms with Crippen LogP contribution in [0, 0.1) is 0 Å². The minimum Gasteiger partial charge on any atom is -0.311 e. The van der Waals surface area contributed by atoms with Gasteiger partial charge in [-0.05, 0) is 152 Å². The van der Waals surface area contributed by atoms with Gasteiger partial charge in [0.25, 0.3) is 0 Å². The molecule has 2 aliphatic carbocycles. The molecule has 9 aromatic carbocycles. The summed E-state index contributed by atoms with van der Waals surface area (Å²) in [5, 5.41) is 0. The van der Waals surface area contributed by atoms with Crippen LogP contribution in [-0.2, 0) is 10.8 Å². The zero-order valence-corrected chi connectivity index (χ0v) is 38.0. The average Bonchev–Trinajstić information content (AvgIpc) is 3.72. The number of para-hydroxylation sites is 4. The van der Waals surface area contributed by atoms with Gasteiger partial charge in [0.15, 0.2) is 0 Å². The molecule has 0 saturated heterocycles. The molecule has 318 valence electrons. The molecule has 0 radical (unpaired) electrons. The van der Waals surface area contributed by atoms with Crippen molar-refractivity contribution in [2.75, 3.05) is 9.80 Å². The Morgan fingerprint density at radius 2 is 0.515 bits per heavy atom. The molecule has 0 bridgehead atoms. The average molecular weight is 849 g/mol. The molecule has 2 aliphatic rings. The fraction of sp³-hybridized carbons (Fsp3) is 0.0938. The lowest BCUT2D eigenvalue weighted by atomic mass is 9.79. The van der Waals surface area contributed by atoms with Crippen LogP contribution >= 0.6 is 0 Å². The van der Waals surface area contributed by atoms with Crippen molar-refractivity contribution in [3.8, 4) is 22.3 Å². The summed E-state index contributed by atoms with van der Waals surface area (Å²) in [4.78, 5) is 4.60. The molecule has 0 fully saturated rings. The van der Waals surface area contributed by atoms with Gasteiger partial charge in [0.2, 0.25) is 0 Å². The molecular formula is C64H52N2. The molecule has 0 aliphatic heterocycles. The highest BCUT2D eigenvalue weighted by atomic mass is 15.1. The Balaban J connectivity index is 0.826. The Bertz CT molecular complexity index is 2950. The standard InChI is InChI=1S/C64H52N2/c1-63(2)59-41-47(27-25-45-29-35-53(36-30-45)65(49-17-9-5-10-18-49)50-19-11-6-12-20-50)33-39-55(59)57-44-62-58(43-61(57)63)56-40-34-48(42-60(56)64(62,3)4)28-26-46-31-37-54(38-32-46)66(51-21-13-7-14-22-51)52-23-15-8-16-24-52/h5-44H,1-4H3/b27-25+,28-26+. The maximum atomic E-state index is 2.51. The van der Waals surface area contributed by atoms with Crippen molar-refractivity contribution in [3.63, 3.8) is 0 Å². The number of fused-ring (bicyclic) bond motifs is 6. The molecule has 11 rings (SSSR count). The van der Waals surface area contributed by atoms with Crippen LogP contribution in [0.2, 0.25) is 0 Å². The van der Waals surface area contributed by atoms with Crippen LogP contribution in [0.15, 0.2) is 218 Å². The lowest BCUT2D eigenvalue weighted by molar-refractivity contribution is 0.652. The van der Waals surface area contributed by atoms with Gasteiger partial charge in [-0.2, -0.15) is 0 Å². The summed E-state index contributed by atoms with van der Waals surface area (Å²) in [6, 6.07) is 79.0. The van der Waals surface area contributed by atoms with E-state index in [1.165, 1.54) is 66.8 Å². The lowest BCUT2D eigenvalue weighted by Gasteiger charge is -2.25. The summed E-state index contributed by atoms with van der Waals surface area (Å²) in [6.07, 6.45) is 8.98. The topological polar surface area (TPSA) is 6.48 Å². The van der Waals surface area contributed by atoms with Crippen molar-refractivity contribution in [1.29, 1.82) is 0 Å². The van der Waals surface area contributed by atoms with Crippen LogP contribution in [0.3, 0.4) is 0 Å². The zero-order valence-electron chi connectivity index (χ0n) is 38.0. The number of anilines is 6. The molecule has 0 saturated carbocycles. The van der Waals surface area contributed by atoms with Crippen molar-refractivity contribution >= 4 is 58.4 Å². The van der Waals surface area contributed by atoms with Gasteiger partial charge >= 0.3 is 0 Å². The van der Waals surface area contributed by atoms with E-state index in [0.29, 0.717) is 0 Å². The number of rotatable bonds is 10. The van der Waals surface area contributed by atoms with Crippen molar-refractivity contribution < 1.29 is 0 Å². The first-order valence-electron chi connectivity index (χ1n) is 23.1. The largest absolute Gasteiger partial charge is 0.311 e. The monoisotopic (exact) mass is 848 g/mol. The van der Waals surface area contributed by atoms with Gasteiger partial charge in [0, 0.05) is 45.0 Å². The van der Waals surface area contributed by atoms with Gasteiger partial charge in [-0.15, -0.1) is 0 Å². The van der Waals surface area contributed by atoms with Crippen molar-refractivity contribution in [3.05, 3.63) is 263 Å². The third kappa shape index (κ3) is 7.35. The van der Waals surface area contributed by atoms with Crippen LogP contribution < -0.4 is 9.80 Å². The SMILES string of the molecule is CC1(C)c2cc(/C=C/c3ccc(N(c4ccccc4)c4ccccc4)cc3)ccc2-c2cc3c(cc21)-c1ccc(/C=C/c2ccc(N(c4ccccc4)c4ccccc4)cc2)cc1C3(C)C. The van der Waals surface area contributed by atoms with Gasteiger partial charge in [0.05, 0.1) is 0 Å². The predicted octanol–water partition coefficient (Wildman–Crippen LogP) is 17.6. The summed E-state index contributed by atoms with van der Waals surface area (Å²) < 4.78 is 0. The first kappa shape index (κ1) is 40.8. The maximum absolute atomic E-state index is 2.51. The van der Waals surface area contributed by atoms with E-state index in [4.69, 9.17) is 0 Å². The van der Waals surface area contributed by atoms with Gasteiger partial charge in [-0.3, -0.25) is 0 Å². The van der Waals surface area contributed by atoms with Gasteiger partial charge in [0.1, 0.15) is 0 Å². The van der Waals surface area contributed by atoms with Crippen LogP contribution in [0.5, 0.6) is 0 Å². The van der Waals surface area contributed by atoms with E-state index >= 15 is 0 Å². The Morgan fingerprint density at radius 3 is 0.833 bits per heavy atom. The fourth-order valence-corrected chi connectivity index (χ4v) is 10.3. The van der Waals surface area contributed by atoms with Crippen molar-refractivity contribution in [1.82, 2.24) is 0 Å². The number of hydrogen-bond acceptors (Lipinski definition) is 2. The zero-order chi connectivity index (χ0) is 44.8. The minimum atomic E-state index is -0.131. The molecule has 0 heterocycles. The molecule has 0 amide bonds. The second-order valence-corrected chi connectivity index (χ2v) is 18.7. The van der Waals surface area contributed by atoms with E-state index in [9.17, 15) is 0 Å². The van der Waals surface area contributed by atoms with Crippen LogP contribution in [-0.4, -0.2) is 0 Å². The van der Waals surface area contributed by atoms with Gasteiger partial charge < -0.3 is 9.80 Å². The van der Waals surface area contributed by atoms with E-state index in [0.717, 1.165) is 34.1 Å². The summed E-state index contributed by atoms with van der Waals surface area (Å²) >= 11 is 0. The normalized spacial score (nSPS) is 13.9. The lowest BCUT2D eigenvalue weighted by Crippen LogP contribution is -2.17. The molecule has 66 heavy (non-hydrogen) atoms. The third-order valence-corrected chi connectivity index (χ3v) is 13.8. The Hall–Kier alpha value is -7.94. The number of nitrogens with zero attached hydrogens (tertiary/aromatic N) is 2. The van der Waals surface area contributed by atoms with Crippen molar-refractivity contribution in [2.24, 2.45) is 0 Å². The van der Waals surface area contributed by atoms with Crippen molar-refractivity contribution in [2.45, 2.75) is 38.5 Å². The molecule has 9 aromatic rings. The minimum absolute atomic E-state index is 0.131. The van der Waals surface area contributed by atoms with E-state index < -0.39 is 0 Å². The fourth-order valence-electron chi connectivity index (χ4n) is 10.3. The second-order valence-electron chi connectivity index (χ2n) is 18.7. The molecule has 0 spiro atoms. The second kappa shape index (κ2) is 16.6. The number of benzene rings is 9. The van der Waals surface area contributed by atoms with E-state index in [-0.39, 0.29) is 10.8 Å². The van der Waals surface area contributed by atoms with Gasteiger partial charge in [-0.25, -0.2) is 0 Å².